The highest BCUT2D eigenvalue weighted by Gasteiger charge is 2.35. The number of para-hydroxylation sites is 1. The number of aromatic nitrogens is 1. The zero-order valence-corrected chi connectivity index (χ0v) is 12.8. The van der Waals surface area contributed by atoms with Crippen molar-refractivity contribution in [3.8, 4) is 0 Å². The molecule has 0 radical (unpaired) electrons. The van der Waals surface area contributed by atoms with E-state index in [9.17, 15) is 23.3 Å². The molecule has 0 saturated carbocycles. The summed E-state index contributed by atoms with van der Waals surface area (Å²) in [5.41, 5.74) is -0.919. The van der Waals surface area contributed by atoms with Crippen molar-refractivity contribution in [1.82, 2.24) is 4.98 Å². The number of thiazole rings is 1. The van der Waals surface area contributed by atoms with E-state index in [-0.39, 0.29) is 4.90 Å². The molecule has 0 saturated heterocycles. The Bertz CT molecular complexity index is 860. The molecule has 118 valence electrons. The molecule has 0 spiro atoms. The fourth-order valence-electron chi connectivity index (χ4n) is 1.93. The van der Waals surface area contributed by atoms with Gasteiger partial charge in [0.2, 0.25) is 0 Å². The van der Waals surface area contributed by atoms with Crippen molar-refractivity contribution < 1.29 is 18.1 Å². The van der Waals surface area contributed by atoms with E-state index < -0.39 is 22.4 Å². The average molecular weight is 356 g/mol. The molecule has 0 atom stereocenters. The Labute approximate surface area is 136 Å². The van der Waals surface area contributed by atoms with Crippen LogP contribution in [0.5, 0.6) is 0 Å². The number of fused-ring (bicyclic) bond motifs is 1. The fraction of sp³-hybridized carbons (Fsp3) is 0.0714. The van der Waals surface area contributed by atoms with Crippen molar-refractivity contribution in [2.75, 3.05) is 0 Å². The molecular formula is C14H7F3N2O2S2. The van der Waals surface area contributed by atoms with Crippen LogP contribution in [-0.2, 0) is 6.18 Å². The minimum atomic E-state index is -4.68. The van der Waals surface area contributed by atoms with Gasteiger partial charge in [-0.25, -0.2) is 4.98 Å². The van der Waals surface area contributed by atoms with Gasteiger partial charge in [0.05, 0.1) is 20.7 Å². The minimum Gasteiger partial charge on any atom is -0.258 e. The zero-order chi connectivity index (χ0) is 16.6. The lowest BCUT2D eigenvalue weighted by atomic mass is 10.2. The van der Waals surface area contributed by atoms with Gasteiger partial charge >= 0.3 is 6.18 Å². The number of halogens is 3. The molecule has 2 aromatic carbocycles. The van der Waals surface area contributed by atoms with Crippen molar-refractivity contribution in [1.29, 1.82) is 0 Å². The van der Waals surface area contributed by atoms with Crippen LogP contribution in [0, 0.1) is 10.1 Å². The van der Waals surface area contributed by atoms with Gasteiger partial charge in [-0.2, -0.15) is 13.2 Å². The highest BCUT2D eigenvalue weighted by atomic mass is 32.2. The lowest BCUT2D eigenvalue weighted by Gasteiger charge is -2.11. The summed E-state index contributed by atoms with van der Waals surface area (Å²) in [6.07, 6.45) is -4.68. The summed E-state index contributed by atoms with van der Waals surface area (Å²) in [6, 6.07) is 9.94. The maximum Gasteiger partial charge on any atom is 0.417 e. The normalized spacial score (nSPS) is 11.8. The minimum absolute atomic E-state index is 0.109. The maximum atomic E-state index is 13.1. The Morgan fingerprint density at radius 1 is 1.17 bits per heavy atom. The van der Waals surface area contributed by atoms with E-state index in [4.69, 9.17) is 0 Å². The number of nitrogens with zero attached hydrogens (tertiary/aromatic N) is 2. The van der Waals surface area contributed by atoms with Crippen molar-refractivity contribution in [2.45, 2.75) is 15.4 Å². The predicted octanol–water partition coefficient (Wildman–Crippen LogP) is 5.37. The van der Waals surface area contributed by atoms with Gasteiger partial charge < -0.3 is 0 Å². The van der Waals surface area contributed by atoms with Gasteiger partial charge in [-0.3, -0.25) is 10.1 Å². The van der Waals surface area contributed by atoms with Crippen LogP contribution >= 0.6 is 23.1 Å². The van der Waals surface area contributed by atoms with Crippen molar-refractivity contribution in [3.05, 3.63) is 58.1 Å². The smallest absolute Gasteiger partial charge is 0.258 e. The van der Waals surface area contributed by atoms with Crippen LogP contribution in [0.2, 0.25) is 0 Å². The van der Waals surface area contributed by atoms with E-state index >= 15 is 0 Å². The number of rotatable bonds is 3. The van der Waals surface area contributed by atoms with Crippen LogP contribution in [0.1, 0.15) is 5.56 Å². The third-order valence-electron chi connectivity index (χ3n) is 2.95. The Morgan fingerprint density at radius 2 is 1.91 bits per heavy atom. The molecule has 3 rings (SSSR count). The number of non-ortho nitro benzene ring substituents is 1. The van der Waals surface area contributed by atoms with Crippen LogP contribution in [0.15, 0.2) is 51.7 Å². The van der Waals surface area contributed by atoms with Crippen molar-refractivity contribution >= 4 is 39.0 Å². The molecule has 1 aromatic heterocycles. The molecule has 0 amide bonds. The van der Waals surface area contributed by atoms with Gasteiger partial charge in [-0.1, -0.05) is 23.9 Å². The van der Waals surface area contributed by atoms with Crippen LogP contribution in [0.4, 0.5) is 18.9 Å². The molecule has 0 unspecified atom stereocenters. The first-order chi connectivity index (χ1) is 10.8. The summed E-state index contributed by atoms with van der Waals surface area (Å²) < 4.78 is 40.8. The van der Waals surface area contributed by atoms with Gasteiger partial charge in [-0.05, 0) is 18.2 Å². The van der Waals surface area contributed by atoms with E-state index in [1.54, 1.807) is 12.1 Å². The average Bonchev–Trinajstić information content (AvgIpc) is 2.88. The highest BCUT2D eigenvalue weighted by Crippen LogP contribution is 2.42. The van der Waals surface area contributed by atoms with Gasteiger partial charge in [-0.15, -0.1) is 11.3 Å². The second kappa shape index (κ2) is 5.82. The first-order valence-corrected chi connectivity index (χ1v) is 7.87. The summed E-state index contributed by atoms with van der Waals surface area (Å²) in [4.78, 5) is 14.0. The number of alkyl halides is 3. The topological polar surface area (TPSA) is 56.0 Å². The molecule has 23 heavy (non-hydrogen) atoms. The lowest BCUT2D eigenvalue weighted by molar-refractivity contribution is -0.385. The maximum absolute atomic E-state index is 13.1. The Morgan fingerprint density at radius 3 is 2.57 bits per heavy atom. The van der Waals surface area contributed by atoms with Gasteiger partial charge in [0.15, 0.2) is 4.34 Å². The Hall–Kier alpha value is -2.13. The molecular weight excluding hydrogens is 349 g/mol. The molecule has 3 aromatic rings. The monoisotopic (exact) mass is 356 g/mol. The Balaban J connectivity index is 2.03. The zero-order valence-electron chi connectivity index (χ0n) is 11.2. The predicted molar refractivity (Wildman–Crippen MR) is 81.8 cm³/mol. The number of benzene rings is 2. The number of nitro groups is 1. The standard InChI is InChI=1S/C14H7F3N2O2S2/c15-14(16,17)9-7-8(19(20)21)5-6-11(9)22-13-18-10-3-1-2-4-12(10)23-13/h1-7H. The van der Waals surface area contributed by atoms with Crippen molar-refractivity contribution in [2.24, 2.45) is 0 Å². The molecule has 0 fully saturated rings. The van der Waals surface area contributed by atoms with Crippen LogP contribution < -0.4 is 0 Å². The van der Waals surface area contributed by atoms with Crippen LogP contribution in [-0.4, -0.2) is 9.91 Å². The molecule has 0 bridgehead atoms. The Kier molecular flexibility index (Phi) is 3.99. The SMILES string of the molecule is O=[N+]([O-])c1ccc(Sc2nc3ccccc3s2)c(C(F)(F)F)c1. The summed E-state index contributed by atoms with van der Waals surface area (Å²) in [5, 5.41) is 10.7. The number of hydrogen-bond donors (Lipinski definition) is 0. The van der Waals surface area contributed by atoms with Gasteiger partial charge in [0.1, 0.15) is 0 Å². The summed E-state index contributed by atoms with van der Waals surface area (Å²) in [5.74, 6) is 0. The molecule has 9 heteroatoms. The van der Waals surface area contributed by atoms with Gasteiger partial charge in [0.25, 0.3) is 5.69 Å². The molecule has 4 nitrogen and oxygen atoms in total. The molecule has 0 aliphatic carbocycles. The van der Waals surface area contributed by atoms with E-state index in [0.717, 1.165) is 28.6 Å². The first-order valence-electron chi connectivity index (χ1n) is 6.23. The first kappa shape index (κ1) is 15.8. The molecule has 0 N–H and O–H groups in total. The van der Waals surface area contributed by atoms with E-state index in [2.05, 4.69) is 4.98 Å². The van der Waals surface area contributed by atoms with E-state index in [1.807, 2.05) is 12.1 Å². The fourth-order valence-corrected chi connectivity index (χ4v) is 4.09. The van der Waals surface area contributed by atoms with Gasteiger partial charge in [0, 0.05) is 17.0 Å². The second-order valence-corrected chi connectivity index (χ2v) is 6.80. The largest absolute Gasteiger partial charge is 0.417 e. The van der Waals surface area contributed by atoms with Crippen LogP contribution in [0.25, 0.3) is 10.2 Å². The van der Waals surface area contributed by atoms with E-state index in [1.165, 1.54) is 11.3 Å². The van der Waals surface area contributed by atoms with Crippen LogP contribution in [0.3, 0.4) is 0 Å². The summed E-state index contributed by atoms with van der Waals surface area (Å²) in [7, 11) is 0. The quantitative estimate of drug-likeness (QED) is 0.467. The third-order valence-corrected chi connectivity index (χ3v) is 5.12. The third kappa shape index (κ3) is 3.30. The number of nitro benzene ring substituents is 1. The van der Waals surface area contributed by atoms with E-state index in [0.29, 0.717) is 15.9 Å². The summed E-state index contributed by atoms with van der Waals surface area (Å²) >= 11 is 2.12. The number of hydrogen-bond acceptors (Lipinski definition) is 5. The van der Waals surface area contributed by atoms with Crippen molar-refractivity contribution in [3.63, 3.8) is 0 Å². The second-order valence-electron chi connectivity index (χ2n) is 4.48. The molecule has 0 aliphatic rings. The lowest BCUT2D eigenvalue weighted by Crippen LogP contribution is -2.07. The molecule has 0 aliphatic heterocycles. The summed E-state index contributed by atoms with van der Waals surface area (Å²) in [6.45, 7) is 0. The molecule has 1 heterocycles. The highest BCUT2D eigenvalue weighted by molar-refractivity contribution is 8.01.